The minimum atomic E-state index is -0.512. The first-order valence-electron chi connectivity index (χ1n) is 7.72. The molecule has 1 atom stereocenters. The monoisotopic (exact) mass is 342 g/mol. The Morgan fingerprint density at radius 2 is 2.04 bits per heavy atom. The second-order valence-corrected chi connectivity index (χ2v) is 5.60. The van der Waals surface area contributed by atoms with Crippen molar-refractivity contribution in [2.24, 2.45) is 0 Å². The van der Waals surface area contributed by atoms with Gasteiger partial charge in [-0.2, -0.15) is 5.10 Å². The van der Waals surface area contributed by atoms with Crippen LogP contribution in [0.5, 0.6) is 0 Å². The zero-order valence-corrected chi connectivity index (χ0v) is 13.8. The van der Waals surface area contributed by atoms with Crippen LogP contribution in [0.3, 0.4) is 0 Å². The number of anilines is 1. The first-order chi connectivity index (χ1) is 12.0. The second kappa shape index (κ2) is 7.04. The van der Waals surface area contributed by atoms with Gasteiger partial charge in [0.2, 0.25) is 0 Å². The van der Waals surface area contributed by atoms with Crippen molar-refractivity contribution in [3.8, 4) is 0 Å². The lowest BCUT2D eigenvalue weighted by atomic mass is 10.1. The minimum absolute atomic E-state index is 0.350. The largest absolute Gasteiger partial charge is 0.359 e. The number of hydrogen-bond donors (Lipinski definition) is 4. The van der Waals surface area contributed by atoms with Crippen LogP contribution in [0.25, 0.3) is 0 Å². The summed E-state index contributed by atoms with van der Waals surface area (Å²) in [5.74, 6) is 0.864. The van der Waals surface area contributed by atoms with E-state index in [-0.39, 0.29) is 0 Å². The third-order valence-electron chi connectivity index (χ3n) is 3.71. The Hall–Kier alpha value is -3.36. The summed E-state index contributed by atoms with van der Waals surface area (Å²) in [4.78, 5) is 26.3. The molecule has 2 aromatic heterocycles. The Balaban J connectivity index is 1.77. The van der Waals surface area contributed by atoms with E-state index in [0.717, 1.165) is 5.56 Å². The van der Waals surface area contributed by atoms with Gasteiger partial charge in [-0.25, -0.2) is 14.7 Å². The van der Waals surface area contributed by atoms with Crippen LogP contribution in [0, 0.1) is 13.8 Å². The molecule has 2 heterocycles. The number of nitrogens with zero attached hydrogens (tertiary/aromatic N) is 2. The molecule has 0 spiro atoms. The zero-order valence-electron chi connectivity index (χ0n) is 13.8. The quantitative estimate of drug-likeness (QED) is 0.562. The molecule has 2 amide bonds. The molecule has 4 N–H and O–H groups in total. The highest BCUT2D eigenvalue weighted by Gasteiger charge is 2.20. The predicted octanol–water partition coefficient (Wildman–Crippen LogP) is 1.81. The van der Waals surface area contributed by atoms with E-state index >= 15 is 0 Å². The van der Waals surface area contributed by atoms with Crippen LogP contribution < -0.4 is 16.3 Å². The Morgan fingerprint density at radius 3 is 2.64 bits per heavy atom. The van der Waals surface area contributed by atoms with Gasteiger partial charge in [-0.3, -0.25) is 4.98 Å². The summed E-state index contributed by atoms with van der Waals surface area (Å²) < 4.78 is 5.03. The molecule has 1 aromatic carbocycles. The number of rotatable bonds is 5. The summed E-state index contributed by atoms with van der Waals surface area (Å²) in [6.07, 6.45) is 0.469. The lowest BCUT2D eigenvalue weighted by Gasteiger charge is -2.17. The smallest absolute Gasteiger partial charge is 0.340 e. The first kappa shape index (κ1) is 16.5. The molecule has 0 saturated heterocycles. The zero-order chi connectivity index (χ0) is 17.8. The molecule has 0 aliphatic heterocycles. The molecule has 9 nitrogen and oxygen atoms in total. The molecule has 0 saturated carbocycles. The fourth-order valence-electron chi connectivity index (χ4n) is 2.48. The Morgan fingerprint density at radius 1 is 1.28 bits per heavy atom. The molecule has 9 heteroatoms. The maximum Gasteiger partial charge on any atom is 0.340 e. The summed E-state index contributed by atoms with van der Waals surface area (Å²) in [6.45, 7) is 3.45. The number of hydrogen-bond acceptors (Lipinski definition) is 5. The van der Waals surface area contributed by atoms with Gasteiger partial charge >= 0.3 is 11.7 Å². The Bertz CT molecular complexity index is 892. The molecule has 0 aliphatic carbocycles. The van der Waals surface area contributed by atoms with E-state index in [1.165, 1.54) is 0 Å². The summed E-state index contributed by atoms with van der Waals surface area (Å²) in [7, 11) is 0. The normalized spacial score (nSPS) is 11.9. The third-order valence-corrected chi connectivity index (χ3v) is 3.71. The summed E-state index contributed by atoms with van der Waals surface area (Å²) >= 11 is 0. The van der Waals surface area contributed by atoms with Gasteiger partial charge in [0, 0.05) is 6.42 Å². The van der Waals surface area contributed by atoms with Crippen molar-refractivity contribution in [1.82, 2.24) is 25.7 Å². The number of nitrogens with one attached hydrogen (secondary N) is 4. The van der Waals surface area contributed by atoms with Gasteiger partial charge in [0.1, 0.15) is 11.4 Å². The molecule has 3 rings (SSSR count). The van der Waals surface area contributed by atoms with E-state index < -0.39 is 17.8 Å². The SMILES string of the molecule is Cc1noc(C)c1NC(=O)N[C@@H](Cc1ccccc1)c1n[nH]c(=O)[nH]1. The summed E-state index contributed by atoms with van der Waals surface area (Å²) in [5.41, 5.74) is 1.67. The van der Waals surface area contributed by atoms with Gasteiger partial charge in [-0.1, -0.05) is 35.5 Å². The number of H-pyrrole nitrogens is 2. The molecule has 0 unspecified atom stereocenters. The van der Waals surface area contributed by atoms with Gasteiger partial charge < -0.3 is 15.2 Å². The highest BCUT2D eigenvalue weighted by molar-refractivity contribution is 5.90. The molecular formula is C16H18N6O3. The lowest BCUT2D eigenvalue weighted by Crippen LogP contribution is -2.34. The number of aryl methyl sites for hydroxylation is 2. The lowest BCUT2D eigenvalue weighted by molar-refractivity contribution is 0.248. The molecule has 0 radical (unpaired) electrons. The van der Waals surface area contributed by atoms with Crippen molar-refractivity contribution in [2.45, 2.75) is 26.3 Å². The Kier molecular flexibility index (Phi) is 4.64. The number of carbonyl (C=O) groups excluding carboxylic acids is 1. The van der Waals surface area contributed by atoms with Crippen molar-refractivity contribution in [2.75, 3.05) is 5.32 Å². The third kappa shape index (κ3) is 3.94. The molecule has 0 bridgehead atoms. The van der Waals surface area contributed by atoms with Crippen LogP contribution in [0.1, 0.15) is 28.9 Å². The summed E-state index contributed by atoms with van der Waals surface area (Å²) in [6, 6.07) is 8.64. The number of aromatic nitrogens is 4. The van der Waals surface area contributed by atoms with Crippen LogP contribution in [-0.2, 0) is 6.42 Å². The molecule has 0 aliphatic rings. The van der Waals surface area contributed by atoms with Gasteiger partial charge in [0.05, 0.1) is 6.04 Å². The van der Waals surface area contributed by atoms with Crippen LogP contribution in [0.15, 0.2) is 39.6 Å². The van der Waals surface area contributed by atoms with Gasteiger partial charge in [-0.15, -0.1) is 0 Å². The van der Waals surface area contributed by atoms with Gasteiger partial charge in [0.25, 0.3) is 0 Å². The molecule has 0 fully saturated rings. The Labute approximate surface area is 142 Å². The average molecular weight is 342 g/mol. The molecule has 130 valence electrons. The van der Waals surface area contributed by atoms with Crippen molar-refractivity contribution < 1.29 is 9.32 Å². The molecule has 3 aromatic rings. The predicted molar refractivity (Wildman–Crippen MR) is 90.2 cm³/mol. The van der Waals surface area contributed by atoms with E-state index in [9.17, 15) is 9.59 Å². The highest BCUT2D eigenvalue weighted by atomic mass is 16.5. The number of amides is 2. The number of benzene rings is 1. The van der Waals surface area contributed by atoms with Crippen molar-refractivity contribution in [1.29, 1.82) is 0 Å². The average Bonchev–Trinajstić information content (AvgIpc) is 3.16. The minimum Gasteiger partial charge on any atom is -0.359 e. The van der Waals surface area contributed by atoms with E-state index in [0.29, 0.717) is 29.4 Å². The number of urea groups is 1. The molecule has 25 heavy (non-hydrogen) atoms. The standard InChI is InChI=1S/C16H18N6O3/c1-9-13(10(2)25-22-9)18-15(23)17-12(14-19-16(24)21-20-14)8-11-6-4-3-5-7-11/h3-7,12H,8H2,1-2H3,(H2,17,18,23)(H2,19,20,21,24)/t12-/m0/s1. The van der Waals surface area contributed by atoms with Gasteiger partial charge in [-0.05, 0) is 19.4 Å². The van der Waals surface area contributed by atoms with Crippen molar-refractivity contribution >= 4 is 11.7 Å². The van der Waals surface area contributed by atoms with Crippen molar-refractivity contribution in [3.63, 3.8) is 0 Å². The maximum absolute atomic E-state index is 12.4. The summed E-state index contributed by atoms with van der Waals surface area (Å²) in [5, 5.41) is 15.6. The fraction of sp³-hybridized carbons (Fsp3) is 0.250. The van der Waals surface area contributed by atoms with Crippen LogP contribution in [0.4, 0.5) is 10.5 Å². The van der Waals surface area contributed by atoms with E-state index in [2.05, 4.69) is 31.0 Å². The molecular weight excluding hydrogens is 324 g/mol. The van der Waals surface area contributed by atoms with Gasteiger partial charge in [0.15, 0.2) is 11.6 Å². The van der Waals surface area contributed by atoms with Crippen molar-refractivity contribution in [3.05, 3.63) is 63.7 Å². The first-order valence-corrected chi connectivity index (χ1v) is 7.72. The van der Waals surface area contributed by atoms with E-state index in [1.807, 2.05) is 30.3 Å². The number of carbonyl (C=O) groups is 1. The van der Waals surface area contributed by atoms with E-state index in [4.69, 9.17) is 4.52 Å². The highest BCUT2D eigenvalue weighted by Crippen LogP contribution is 2.19. The van der Waals surface area contributed by atoms with Crippen LogP contribution >= 0.6 is 0 Å². The van der Waals surface area contributed by atoms with Crippen LogP contribution in [-0.4, -0.2) is 26.4 Å². The second-order valence-electron chi connectivity index (χ2n) is 5.60. The van der Waals surface area contributed by atoms with E-state index in [1.54, 1.807) is 13.8 Å². The topological polar surface area (TPSA) is 129 Å². The van der Waals surface area contributed by atoms with Crippen LogP contribution in [0.2, 0.25) is 0 Å². The maximum atomic E-state index is 12.4. The fourth-order valence-corrected chi connectivity index (χ4v) is 2.48. The number of aromatic amines is 2.